The quantitative estimate of drug-likeness (QED) is 0.0394. The van der Waals surface area contributed by atoms with Crippen molar-refractivity contribution in [1.29, 1.82) is 0 Å². The lowest BCUT2D eigenvalue weighted by molar-refractivity contribution is 0.0601. The van der Waals surface area contributed by atoms with Crippen molar-refractivity contribution in [3.8, 4) is 41.8 Å². The Labute approximate surface area is 472 Å². The molecule has 5 aromatic carbocycles. The van der Waals surface area contributed by atoms with E-state index >= 15 is 0 Å². The van der Waals surface area contributed by atoms with Gasteiger partial charge in [-0.25, -0.2) is 4.79 Å². The van der Waals surface area contributed by atoms with Crippen LogP contribution in [-0.4, -0.2) is 18.2 Å². The Morgan fingerprint density at radius 2 is 0.853 bits per heavy atom. The maximum Gasteiger partial charge on any atom is 0.338 e. The zero-order valence-electron chi connectivity index (χ0n) is 44.2. The van der Waals surface area contributed by atoms with Crippen LogP contribution in [0.15, 0.2) is 184 Å². The number of esters is 1. The van der Waals surface area contributed by atoms with Gasteiger partial charge in [0.2, 0.25) is 0 Å². The van der Waals surface area contributed by atoms with Gasteiger partial charge in [-0.05, 0) is 153 Å². The standard InChI is InChI=1S/C39H44OS2.C16H12O2S2.C12H17Br/c1-3-5-7-9-13-30-17-22-33(23-18-30)39(40,34-24-19-31(20-25-34)14-10-8-6-4-2)36-29-32(37-15-11-27-41-37)21-26-35(36)38-16-12-28-42-38;1-18-16(17)13-10-11(14-4-2-8-19-14)6-7-12(13)15-5-3-9-20-15;1-2-3-4-5-6-11-7-9-12(13)10-8-11/h11-12,15-29,40H,3-10,13-14H2,1-2H3;2-10H,1H3;7-10H,2-6H2,1H3. The number of rotatable bonds is 23. The number of carbonyl (C=O) groups is 1. The minimum Gasteiger partial charge on any atom is -0.465 e. The normalized spacial score (nSPS) is 11.1. The largest absolute Gasteiger partial charge is 0.465 e. The van der Waals surface area contributed by atoms with E-state index < -0.39 is 5.60 Å². The van der Waals surface area contributed by atoms with Gasteiger partial charge in [-0.3, -0.25) is 0 Å². The highest BCUT2D eigenvalue weighted by atomic mass is 79.9. The number of aryl methyl sites for hydroxylation is 3. The van der Waals surface area contributed by atoms with Gasteiger partial charge in [-0.2, -0.15) is 0 Å². The van der Waals surface area contributed by atoms with E-state index in [1.165, 1.54) is 121 Å². The number of methoxy groups -OCH3 is 1. The second-order valence-electron chi connectivity index (χ2n) is 19.1. The molecule has 0 spiro atoms. The molecule has 75 heavy (non-hydrogen) atoms. The molecule has 4 heterocycles. The Kier molecular flexibility index (Phi) is 23.4. The summed E-state index contributed by atoms with van der Waals surface area (Å²) in [5, 5.41) is 21.4. The zero-order valence-corrected chi connectivity index (χ0v) is 49.1. The SMILES string of the molecule is CCCCCCc1ccc(Br)cc1.CCCCCCc1ccc(C(O)(c2ccc(CCCCCC)cc2)c2cc(-c3cccs3)ccc2-c2cccs2)cc1.COC(=O)c1cc(-c2cccs2)ccc1-c1cccs1. The molecule has 0 amide bonds. The molecular formula is C67H73BrO3S4. The Morgan fingerprint density at radius 3 is 1.25 bits per heavy atom. The summed E-state index contributed by atoms with van der Waals surface area (Å²) >= 11 is 10.2. The summed E-state index contributed by atoms with van der Waals surface area (Å²) in [6.07, 6.45) is 18.8. The van der Waals surface area contributed by atoms with Crippen molar-refractivity contribution in [3.05, 3.63) is 223 Å². The topological polar surface area (TPSA) is 46.5 Å². The molecule has 0 aliphatic carbocycles. The number of thiophene rings is 4. The van der Waals surface area contributed by atoms with E-state index in [4.69, 9.17) is 4.74 Å². The molecule has 9 aromatic rings. The van der Waals surface area contributed by atoms with Crippen LogP contribution in [0.3, 0.4) is 0 Å². The smallest absolute Gasteiger partial charge is 0.338 e. The first-order chi connectivity index (χ1) is 36.7. The molecule has 390 valence electrons. The lowest BCUT2D eigenvalue weighted by Crippen LogP contribution is -2.29. The zero-order chi connectivity index (χ0) is 52.7. The van der Waals surface area contributed by atoms with E-state index in [0.29, 0.717) is 5.56 Å². The van der Waals surface area contributed by atoms with Crippen LogP contribution in [0.25, 0.3) is 41.8 Å². The highest BCUT2D eigenvalue weighted by Crippen LogP contribution is 2.45. The summed E-state index contributed by atoms with van der Waals surface area (Å²) in [5.41, 5.74) is 10.4. The summed E-state index contributed by atoms with van der Waals surface area (Å²) < 4.78 is 6.09. The van der Waals surface area contributed by atoms with Crippen molar-refractivity contribution >= 4 is 67.2 Å². The molecule has 8 heteroatoms. The van der Waals surface area contributed by atoms with Crippen LogP contribution in [0.2, 0.25) is 0 Å². The van der Waals surface area contributed by atoms with E-state index in [2.05, 4.69) is 163 Å². The molecule has 9 rings (SSSR count). The molecule has 0 bridgehead atoms. The molecule has 0 atom stereocenters. The Bertz CT molecular complexity index is 2940. The number of unbranched alkanes of at least 4 members (excludes halogenated alkanes) is 9. The number of carbonyl (C=O) groups excluding carboxylic acids is 1. The van der Waals surface area contributed by atoms with Crippen LogP contribution in [0, 0.1) is 0 Å². The van der Waals surface area contributed by atoms with Gasteiger partial charge >= 0.3 is 5.97 Å². The number of hydrogen-bond donors (Lipinski definition) is 1. The van der Waals surface area contributed by atoms with Gasteiger partial charge in [0.15, 0.2) is 0 Å². The average molecular weight is 1130 g/mol. The minimum absolute atomic E-state index is 0.299. The van der Waals surface area contributed by atoms with Crippen molar-refractivity contribution in [2.24, 2.45) is 0 Å². The Balaban J connectivity index is 0.000000203. The monoisotopic (exact) mass is 1130 g/mol. The maximum atomic E-state index is 13.1. The van der Waals surface area contributed by atoms with Crippen molar-refractivity contribution in [3.63, 3.8) is 0 Å². The van der Waals surface area contributed by atoms with Crippen LogP contribution in [0.5, 0.6) is 0 Å². The van der Waals surface area contributed by atoms with Crippen molar-refractivity contribution in [1.82, 2.24) is 0 Å². The van der Waals surface area contributed by atoms with E-state index in [1.54, 1.807) is 45.3 Å². The van der Waals surface area contributed by atoms with Gasteiger partial charge in [0, 0.05) is 35.1 Å². The third kappa shape index (κ3) is 16.4. The second-order valence-corrected chi connectivity index (χ2v) is 23.8. The van der Waals surface area contributed by atoms with E-state index in [-0.39, 0.29) is 5.97 Å². The predicted octanol–water partition coefficient (Wildman–Crippen LogP) is 21.2. The number of hydrogen-bond acceptors (Lipinski definition) is 7. The molecule has 0 saturated heterocycles. The second kappa shape index (κ2) is 30.5. The fraction of sp³-hybridized carbons (Fsp3) is 0.299. The van der Waals surface area contributed by atoms with Crippen LogP contribution in [-0.2, 0) is 29.6 Å². The van der Waals surface area contributed by atoms with Crippen LogP contribution >= 0.6 is 61.3 Å². The first-order valence-electron chi connectivity index (χ1n) is 26.9. The molecule has 0 unspecified atom stereocenters. The summed E-state index contributed by atoms with van der Waals surface area (Å²) in [6, 6.07) is 55.3. The molecule has 0 aliphatic heterocycles. The minimum atomic E-state index is -1.30. The van der Waals surface area contributed by atoms with Gasteiger partial charge < -0.3 is 9.84 Å². The highest BCUT2D eigenvalue weighted by Gasteiger charge is 2.37. The van der Waals surface area contributed by atoms with E-state index in [0.717, 1.165) is 61.5 Å². The number of aliphatic hydroxyl groups is 1. The van der Waals surface area contributed by atoms with Crippen LogP contribution in [0.1, 0.15) is 142 Å². The van der Waals surface area contributed by atoms with Gasteiger partial charge in [0.25, 0.3) is 0 Å². The maximum absolute atomic E-state index is 13.1. The molecule has 4 aromatic heterocycles. The Hall–Kier alpha value is -5.19. The van der Waals surface area contributed by atoms with Gasteiger partial charge in [-0.1, -0.05) is 204 Å². The lowest BCUT2D eigenvalue weighted by Gasteiger charge is -2.33. The number of benzene rings is 5. The Morgan fingerprint density at radius 1 is 0.467 bits per heavy atom. The molecule has 0 fully saturated rings. The molecule has 0 radical (unpaired) electrons. The molecular weight excluding hydrogens is 1060 g/mol. The molecule has 1 N–H and O–H groups in total. The molecule has 0 saturated carbocycles. The van der Waals surface area contributed by atoms with E-state index in [1.807, 2.05) is 53.2 Å². The third-order valence-corrected chi connectivity index (χ3v) is 17.8. The van der Waals surface area contributed by atoms with Gasteiger partial charge in [0.05, 0.1) is 12.7 Å². The average Bonchev–Trinajstić information content (AvgIpc) is 4.33. The van der Waals surface area contributed by atoms with Crippen molar-refractivity contribution in [2.45, 2.75) is 123 Å². The summed E-state index contributed by atoms with van der Waals surface area (Å²) in [4.78, 5) is 16.6. The van der Waals surface area contributed by atoms with Gasteiger partial charge in [0.1, 0.15) is 5.60 Å². The lowest BCUT2D eigenvalue weighted by atomic mass is 9.77. The van der Waals surface area contributed by atoms with Crippen LogP contribution in [0.4, 0.5) is 0 Å². The molecule has 0 aliphatic rings. The predicted molar refractivity (Wildman–Crippen MR) is 330 cm³/mol. The fourth-order valence-corrected chi connectivity index (χ4v) is 12.6. The van der Waals surface area contributed by atoms with Crippen molar-refractivity contribution < 1.29 is 14.6 Å². The number of halogens is 1. The summed E-state index contributed by atoms with van der Waals surface area (Å²) in [7, 11) is 1.42. The first-order valence-corrected chi connectivity index (χ1v) is 31.2. The molecule has 3 nitrogen and oxygen atoms in total. The van der Waals surface area contributed by atoms with Gasteiger partial charge in [-0.15, -0.1) is 45.3 Å². The summed E-state index contributed by atoms with van der Waals surface area (Å²) in [5.74, 6) is -0.299. The fourth-order valence-electron chi connectivity index (χ4n) is 9.37. The highest BCUT2D eigenvalue weighted by molar-refractivity contribution is 9.10. The third-order valence-electron chi connectivity index (χ3n) is 13.6. The van der Waals surface area contributed by atoms with E-state index in [9.17, 15) is 9.90 Å². The number of ether oxygens (including phenoxy) is 1. The summed E-state index contributed by atoms with van der Waals surface area (Å²) in [6.45, 7) is 6.76. The van der Waals surface area contributed by atoms with Crippen LogP contribution < -0.4 is 0 Å². The van der Waals surface area contributed by atoms with Crippen molar-refractivity contribution in [2.75, 3.05) is 7.11 Å². The first kappa shape index (κ1) is 57.5.